The monoisotopic (exact) mass is 474 g/mol. The van der Waals surface area contributed by atoms with E-state index in [1.54, 1.807) is 0 Å². The molecule has 9 nitrogen and oxygen atoms in total. The van der Waals surface area contributed by atoms with E-state index in [0.717, 1.165) is 19.3 Å². The first-order valence-corrected chi connectivity index (χ1v) is 10.2. The minimum atomic E-state index is -1.07. The normalized spacial score (nSPS) is 12.0. The third kappa shape index (κ3) is 21.4. The van der Waals surface area contributed by atoms with Crippen molar-refractivity contribution in [1.29, 1.82) is 0 Å². The maximum atomic E-state index is 11.7. The molecule has 0 aliphatic carbocycles. The molecule has 0 saturated heterocycles. The molecule has 2 atom stereocenters. The lowest BCUT2D eigenvalue weighted by molar-refractivity contribution is -0.153. The molecule has 0 aliphatic heterocycles. The van der Waals surface area contributed by atoms with Crippen LogP contribution in [-0.2, 0) is 19.1 Å². The van der Waals surface area contributed by atoms with E-state index in [9.17, 15) is 14.7 Å². The first-order chi connectivity index (χ1) is 13.4. The highest BCUT2D eigenvalue weighted by Gasteiger charge is 2.17. The number of esters is 2. The van der Waals surface area contributed by atoms with Gasteiger partial charge in [-0.3, -0.25) is 14.6 Å². The van der Waals surface area contributed by atoms with Crippen molar-refractivity contribution in [2.24, 2.45) is 22.2 Å². The fourth-order valence-electron chi connectivity index (χ4n) is 2.46. The van der Waals surface area contributed by atoms with Crippen LogP contribution in [0.3, 0.4) is 0 Å². The van der Waals surface area contributed by atoms with Gasteiger partial charge in [-0.1, -0.05) is 45.4 Å². The summed E-state index contributed by atoms with van der Waals surface area (Å²) < 4.78 is 9.92. The molecule has 0 aromatic carbocycles. The summed E-state index contributed by atoms with van der Waals surface area (Å²) in [4.78, 5) is 27.2. The van der Waals surface area contributed by atoms with E-state index in [-0.39, 0.29) is 50.0 Å². The third-order valence-electron chi connectivity index (χ3n) is 4.11. The van der Waals surface area contributed by atoms with Crippen LogP contribution in [0.1, 0.15) is 71.1 Å². The lowest BCUT2D eigenvalue weighted by Crippen LogP contribution is -2.35. The number of aliphatic hydroxyl groups excluding tert-OH is 1. The van der Waals surface area contributed by atoms with Gasteiger partial charge in [-0.05, 0) is 19.3 Å². The molecule has 7 N–H and O–H groups in total. The zero-order valence-electron chi connectivity index (χ0n) is 17.9. The molecular weight excluding hydrogens is 435 g/mol. The predicted octanol–water partition coefficient (Wildman–Crippen LogP) is 1.80. The smallest absolute Gasteiger partial charge is 0.323 e. The lowest BCUT2D eigenvalue weighted by Gasteiger charge is -2.14. The Morgan fingerprint density at radius 3 is 2.10 bits per heavy atom. The van der Waals surface area contributed by atoms with Crippen LogP contribution in [0.5, 0.6) is 0 Å². The number of hydrogen-bond donors (Lipinski definition) is 4. The quantitative estimate of drug-likeness (QED) is 0.107. The lowest BCUT2D eigenvalue weighted by atomic mass is 10.1. The van der Waals surface area contributed by atoms with Crippen molar-refractivity contribution in [1.82, 2.24) is 0 Å². The van der Waals surface area contributed by atoms with Crippen molar-refractivity contribution >= 4 is 42.7 Å². The Kier molecular flexibility index (Phi) is 24.9. The number of guanidine groups is 1. The number of nitrogens with two attached hydrogens (primary N) is 3. The molecule has 0 heterocycles. The Hall–Kier alpha value is -1.29. The second-order valence-electron chi connectivity index (χ2n) is 6.89. The summed E-state index contributed by atoms with van der Waals surface area (Å²) in [7, 11) is 0. The SMILES string of the molecule is CCCCCCCCCC(=O)OCC(O)COC(=O)[C@@H](N)CCCN=C(N)N.Cl.Cl. The number of aliphatic imine (C=N–C) groups is 1. The highest BCUT2D eigenvalue weighted by atomic mass is 35.5. The van der Waals surface area contributed by atoms with Gasteiger partial charge in [-0.15, -0.1) is 24.8 Å². The fourth-order valence-corrected chi connectivity index (χ4v) is 2.46. The molecule has 30 heavy (non-hydrogen) atoms. The summed E-state index contributed by atoms with van der Waals surface area (Å²) in [5.74, 6) is -0.991. The largest absolute Gasteiger partial charge is 0.463 e. The fraction of sp³-hybridized carbons (Fsp3) is 0.842. The Morgan fingerprint density at radius 1 is 0.933 bits per heavy atom. The zero-order valence-corrected chi connectivity index (χ0v) is 19.6. The maximum absolute atomic E-state index is 11.7. The van der Waals surface area contributed by atoms with Crippen LogP contribution >= 0.6 is 24.8 Å². The van der Waals surface area contributed by atoms with Gasteiger partial charge in [-0.25, -0.2) is 0 Å². The molecular formula is C19H40Cl2N4O5. The number of nitrogens with zero attached hydrogens (tertiary/aromatic N) is 1. The molecule has 1 unspecified atom stereocenters. The molecule has 0 radical (unpaired) electrons. The van der Waals surface area contributed by atoms with Gasteiger partial charge in [0.1, 0.15) is 25.4 Å². The molecule has 11 heteroatoms. The number of hydrogen-bond acceptors (Lipinski definition) is 7. The third-order valence-corrected chi connectivity index (χ3v) is 4.11. The average molecular weight is 475 g/mol. The average Bonchev–Trinajstić information content (AvgIpc) is 2.66. The first kappa shape index (κ1) is 33.4. The number of halogens is 2. The summed E-state index contributed by atoms with van der Waals surface area (Å²) in [6, 6.07) is -0.818. The second kappa shape index (κ2) is 22.4. The van der Waals surface area contributed by atoms with Crippen molar-refractivity contribution < 1.29 is 24.2 Å². The van der Waals surface area contributed by atoms with Gasteiger partial charge in [0.2, 0.25) is 0 Å². The molecule has 0 amide bonds. The zero-order chi connectivity index (χ0) is 21.2. The van der Waals surface area contributed by atoms with Crippen molar-refractivity contribution in [3.8, 4) is 0 Å². The summed E-state index contributed by atoms with van der Waals surface area (Å²) in [5.41, 5.74) is 16.1. The number of ether oxygens (including phenoxy) is 2. The van der Waals surface area contributed by atoms with E-state index in [2.05, 4.69) is 11.9 Å². The second-order valence-corrected chi connectivity index (χ2v) is 6.89. The Morgan fingerprint density at radius 2 is 1.50 bits per heavy atom. The predicted molar refractivity (Wildman–Crippen MR) is 123 cm³/mol. The highest BCUT2D eigenvalue weighted by molar-refractivity contribution is 5.85. The van der Waals surface area contributed by atoms with Crippen LogP contribution in [0.15, 0.2) is 4.99 Å². The van der Waals surface area contributed by atoms with E-state index < -0.39 is 18.1 Å². The van der Waals surface area contributed by atoms with Crippen LogP contribution < -0.4 is 17.2 Å². The van der Waals surface area contributed by atoms with Gasteiger partial charge < -0.3 is 31.8 Å². The van der Waals surface area contributed by atoms with E-state index in [1.807, 2.05) is 0 Å². The van der Waals surface area contributed by atoms with Crippen LogP contribution in [-0.4, -0.2) is 54.9 Å². The molecule has 0 aliphatic rings. The van der Waals surface area contributed by atoms with Gasteiger partial charge in [-0.2, -0.15) is 0 Å². The molecule has 0 aromatic rings. The van der Waals surface area contributed by atoms with Crippen molar-refractivity contribution in [2.45, 2.75) is 83.3 Å². The number of carbonyl (C=O) groups is 2. The van der Waals surface area contributed by atoms with Gasteiger partial charge in [0, 0.05) is 13.0 Å². The minimum Gasteiger partial charge on any atom is -0.463 e. The van der Waals surface area contributed by atoms with Crippen molar-refractivity contribution in [2.75, 3.05) is 19.8 Å². The molecule has 0 bridgehead atoms. The van der Waals surface area contributed by atoms with E-state index in [0.29, 0.717) is 25.8 Å². The summed E-state index contributed by atoms with van der Waals surface area (Å²) in [5, 5.41) is 9.76. The first-order valence-electron chi connectivity index (χ1n) is 10.2. The van der Waals surface area contributed by atoms with E-state index >= 15 is 0 Å². The molecule has 0 aromatic heterocycles. The van der Waals surface area contributed by atoms with E-state index in [4.69, 9.17) is 26.7 Å². The van der Waals surface area contributed by atoms with Crippen LogP contribution in [0.2, 0.25) is 0 Å². The molecule has 180 valence electrons. The van der Waals surface area contributed by atoms with Crippen molar-refractivity contribution in [3.05, 3.63) is 0 Å². The Labute approximate surface area is 192 Å². The van der Waals surface area contributed by atoms with Gasteiger partial charge in [0.25, 0.3) is 0 Å². The van der Waals surface area contributed by atoms with E-state index in [1.165, 1.54) is 25.7 Å². The standard InChI is InChI=1S/C19H38N4O5.2ClH/c1-2-3-4-5-6-7-8-11-17(25)27-13-15(24)14-28-18(26)16(20)10-9-12-23-19(21)22;;/h15-16,24H,2-14,20H2,1H3,(H4,21,22,23);2*1H/t15?,16-;;/m0../s1. The molecule has 0 spiro atoms. The van der Waals surface area contributed by atoms with Crippen LogP contribution in [0.4, 0.5) is 0 Å². The number of carbonyl (C=O) groups excluding carboxylic acids is 2. The number of rotatable bonds is 17. The molecule has 0 saturated carbocycles. The Bertz CT molecular complexity index is 466. The Balaban J connectivity index is -0.00000364. The van der Waals surface area contributed by atoms with Crippen LogP contribution in [0.25, 0.3) is 0 Å². The molecule has 0 fully saturated rings. The van der Waals surface area contributed by atoms with Gasteiger partial charge >= 0.3 is 11.9 Å². The van der Waals surface area contributed by atoms with Gasteiger partial charge in [0.05, 0.1) is 0 Å². The topological polar surface area (TPSA) is 163 Å². The minimum absolute atomic E-state index is 0. The maximum Gasteiger partial charge on any atom is 0.323 e. The summed E-state index contributed by atoms with van der Waals surface area (Å²) >= 11 is 0. The highest BCUT2D eigenvalue weighted by Crippen LogP contribution is 2.09. The summed E-state index contributed by atoms with van der Waals surface area (Å²) in [6.07, 6.45) is 7.98. The van der Waals surface area contributed by atoms with Crippen LogP contribution in [0, 0.1) is 0 Å². The number of aliphatic hydroxyl groups is 1. The summed E-state index contributed by atoms with van der Waals surface area (Å²) in [6.45, 7) is 2.07. The molecule has 0 rings (SSSR count). The van der Waals surface area contributed by atoms with Gasteiger partial charge in [0.15, 0.2) is 5.96 Å². The number of unbranched alkanes of at least 4 members (excludes halogenated alkanes) is 6. The van der Waals surface area contributed by atoms with Crippen molar-refractivity contribution in [3.63, 3.8) is 0 Å².